The highest BCUT2D eigenvalue weighted by molar-refractivity contribution is 5.28. The Morgan fingerprint density at radius 3 is 2.90 bits per heavy atom. The molecule has 1 N–H and O–H groups in total. The zero-order valence-electron chi connectivity index (χ0n) is 12.9. The van der Waals surface area contributed by atoms with Crippen LogP contribution in [0, 0.1) is 5.41 Å². The topological polar surface area (TPSA) is 30.5 Å². The molecule has 3 nitrogen and oxygen atoms in total. The van der Waals surface area contributed by atoms with Crippen molar-refractivity contribution in [3.63, 3.8) is 0 Å². The molecule has 1 unspecified atom stereocenters. The van der Waals surface area contributed by atoms with Crippen LogP contribution in [0.1, 0.15) is 39.2 Å². The highest BCUT2D eigenvalue weighted by Gasteiger charge is 2.16. The van der Waals surface area contributed by atoms with Gasteiger partial charge in [-0.2, -0.15) is 0 Å². The molecular formula is C17H27NO2. The van der Waals surface area contributed by atoms with Gasteiger partial charge >= 0.3 is 0 Å². The van der Waals surface area contributed by atoms with Gasteiger partial charge in [0.05, 0.1) is 6.10 Å². The lowest BCUT2D eigenvalue weighted by Gasteiger charge is -2.19. The molecule has 0 aliphatic carbocycles. The number of ether oxygens (including phenoxy) is 2. The smallest absolute Gasteiger partial charge is 0.119 e. The van der Waals surface area contributed by atoms with Gasteiger partial charge < -0.3 is 14.8 Å². The fourth-order valence-electron chi connectivity index (χ4n) is 2.29. The molecule has 1 atom stereocenters. The third-order valence-corrected chi connectivity index (χ3v) is 3.34. The first-order valence-corrected chi connectivity index (χ1v) is 7.57. The molecule has 1 aliphatic heterocycles. The standard InChI is InChI=1S/C17H27NO2/c1-17(2,3)13-18-11-14-6-4-7-15(10-14)20-12-16-8-5-9-19-16/h4,6-7,10,16,18H,5,8-9,11-13H2,1-3H3. The second-order valence-electron chi connectivity index (χ2n) is 6.76. The van der Waals surface area contributed by atoms with Crippen molar-refractivity contribution in [2.75, 3.05) is 19.8 Å². The van der Waals surface area contributed by atoms with E-state index in [4.69, 9.17) is 9.47 Å². The second kappa shape index (κ2) is 7.09. The van der Waals surface area contributed by atoms with Crippen molar-refractivity contribution in [1.29, 1.82) is 0 Å². The molecule has 0 radical (unpaired) electrons. The third kappa shape index (κ3) is 5.51. The lowest BCUT2D eigenvalue weighted by Crippen LogP contribution is -2.26. The van der Waals surface area contributed by atoms with Gasteiger partial charge in [0.1, 0.15) is 12.4 Å². The Bertz CT molecular complexity index is 406. The molecule has 20 heavy (non-hydrogen) atoms. The van der Waals surface area contributed by atoms with Gasteiger partial charge in [-0.05, 0) is 36.0 Å². The average Bonchev–Trinajstić information content (AvgIpc) is 2.88. The number of benzene rings is 1. The van der Waals surface area contributed by atoms with E-state index in [-0.39, 0.29) is 6.10 Å². The van der Waals surface area contributed by atoms with Crippen LogP contribution < -0.4 is 10.1 Å². The highest BCUT2D eigenvalue weighted by Crippen LogP contribution is 2.17. The summed E-state index contributed by atoms with van der Waals surface area (Å²) >= 11 is 0. The van der Waals surface area contributed by atoms with Gasteiger partial charge in [0.15, 0.2) is 0 Å². The zero-order valence-corrected chi connectivity index (χ0v) is 12.9. The van der Waals surface area contributed by atoms with Crippen LogP contribution in [0.3, 0.4) is 0 Å². The number of nitrogens with one attached hydrogen (secondary N) is 1. The van der Waals surface area contributed by atoms with Crippen molar-refractivity contribution in [2.24, 2.45) is 5.41 Å². The first-order valence-electron chi connectivity index (χ1n) is 7.57. The molecule has 0 amide bonds. The van der Waals surface area contributed by atoms with E-state index >= 15 is 0 Å². The van der Waals surface area contributed by atoms with Gasteiger partial charge in [-0.15, -0.1) is 0 Å². The number of rotatable bonds is 6. The van der Waals surface area contributed by atoms with Crippen LogP contribution >= 0.6 is 0 Å². The number of hydrogen-bond acceptors (Lipinski definition) is 3. The van der Waals surface area contributed by atoms with Crippen LogP contribution in [0.2, 0.25) is 0 Å². The Morgan fingerprint density at radius 1 is 1.35 bits per heavy atom. The average molecular weight is 277 g/mol. The van der Waals surface area contributed by atoms with E-state index in [0.29, 0.717) is 12.0 Å². The van der Waals surface area contributed by atoms with E-state index in [9.17, 15) is 0 Å². The predicted octanol–water partition coefficient (Wildman–Crippen LogP) is 3.38. The molecule has 0 spiro atoms. The van der Waals surface area contributed by atoms with Gasteiger partial charge in [0.2, 0.25) is 0 Å². The Kier molecular flexibility index (Phi) is 5.44. The van der Waals surface area contributed by atoms with Crippen molar-refractivity contribution in [3.8, 4) is 5.75 Å². The minimum atomic E-state index is 0.276. The molecule has 0 saturated carbocycles. The molecule has 1 aromatic carbocycles. The van der Waals surface area contributed by atoms with Gasteiger partial charge in [-0.25, -0.2) is 0 Å². The van der Waals surface area contributed by atoms with Crippen molar-refractivity contribution in [2.45, 2.75) is 46.3 Å². The minimum Gasteiger partial charge on any atom is -0.491 e. The van der Waals surface area contributed by atoms with Crippen LogP contribution in [-0.2, 0) is 11.3 Å². The van der Waals surface area contributed by atoms with Crippen LogP contribution in [0.25, 0.3) is 0 Å². The Hall–Kier alpha value is -1.06. The van der Waals surface area contributed by atoms with Gasteiger partial charge in [0.25, 0.3) is 0 Å². The van der Waals surface area contributed by atoms with E-state index in [1.54, 1.807) is 0 Å². The zero-order chi connectivity index (χ0) is 14.4. The van der Waals surface area contributed by atoms with E-state index in [0.717, 1.165) is 38.3 Å². The molecule has 112 valence electrons. The summed E-state index contributed by atoms with van der Waals surface area (Å²) in [6.45, 7) is 10.1. The molecule has 0 aromatic heterocycles. The van der Waals surface area contributed by atoms with Gasteiger partial charge in [-0.3, -0.25) is 0 Å². The molecule has 1 aliphatic rings. The first-order chi connectivity index (χ1) is 9.53. The number of hydrogen-bond donors (Lipinski definition) is 1. The Labute approximate surface area is 122 Å². The third-order valence-electron chi connectivity index (χ3n) is 3.34. The predicted molar refractivity (Wildman–Crippen MR) is 82.1 cm³/mol. The highest BCUT2D eigenvalue weighted by atomic mass is 16.5. The largest absolute Gasteiger partial charge is 0.491 e. The molecular weight excluding hydrogens is 250 g/mol. The second-order valence-corrected chi connectivity index (χ2v) is 6.76. The van der Waals surface area contributed by atoms with Crippen molar-refractivity contribution in [1.82, 2.24) is 5.32 Å². The van der Waals surface area contributed by atoms with E-state index in [2.05, 4.69) is 44.3 Å². The van der Waals surface area contributed by atoms with Crippen molar-refractivity contribution >= 4 is 0 Å². The monoisotopic (exact) mass is 277 g/mol. The fraction of sp³-hybridized carbons (Fsp3) is 0.647. The molecule has 1 heterocycles. The Morgan fingerprint density at radius 2 is 2.20 bits per heavy atom. The fourth-order valence-corrected chi connectivity index (χ4v) is 2.29. The van der Waals surface area contributed by atoms with Crippen molar-refractivity contribution < 1.29 is 9.47 Å². The van der Waals surface area contributed by atoms with E-state index < -0.39 is 0 Å². The molecule has 1 saturated heterocycles. The molecule has 3 heteroatoms. The van der Waals surface area contributed by atoms with Gasteiger partial charge in [0, 0.05) is 19.7 Å². The first kappa shape index (κ1) is 15.3. The van der Waals surface area contributed by atoms with Gasteiger partial charge in [-0.1, -0.05) is 32.9 Å². The molecule has 1 aromatic rings. The van der Waals surface area contributed by atoms with E-state index in [1.165, 1.54) is 5.56 Å². The maximum absolute atomic E-state index is 5.83. The summed E-state index contributed by atoms with van der Waals surface area (Å²) in [5.74, 6) is 0.940. The summed E-state index contributed by atoms with van der Waals surface area (Å²) in [4.78, 5) is 0. The lowest BCUT2D eigenvalue weighted by atomic mass is 9.97. The summed E-state index contributed by atoms with van der Waals surface area (Å²) in [5, 5.41) is 3.49. The maximum Gasteiger partial charge on any atom is 0.119 e. The summed E-state index contributed by atoms with van der Waals surface area (Å²) in [6, 6.07) is 8.32. The van der Waals surface area contributed by atoms with Crippen LogP contribution in [0.15, 0.2) is 24.3 Å². The summed E-state index contributed by atoms with van der Waals surface area (Å²) in [5.41, 5.74) is 1.58. The minimum absolute atomic E-state index is 0.276. The molecule has 2 rings (SSSR count). The quantitative estimate of drug-likeness (QED) is 0.864. The molecule has 0 bridgehead atoms. The normalized spacial score (nSPS) is 19.2. The van der Waals surface area contributed by atoms with Crippen LogP contribution in [0.5, 0.6) is 5.75 Å². The SMILES string of the molecule is CC(C)(C)CNCc1cccc(OCC2CCCO2)c1. The lowest BCUT2D eigenvalue weighted by molar-refractivity contribution is 0.0679. The van der Waals surface area contributed by atoms with E-state index in [1.807, 2.05) is 6.07 Å². The van der Waals surface area contributed by atoms with Crippen LogP contribution in [-0.4, -0.2) is 25.9 Å². The summed E-state index contributed by atoms with van der Waals surface area (Å²) < 4.78 is 11.4. The Balaban J connectivity index is 1.78. The molecule has 1 fully saturated rings. The summed E-state index contributed by atoms with van der Waals surface area (Å²) in [7, 11) is 0. The summed E-state index contributed by atoms with van der Waals surface area (Å²) in [6.07, 6.45) is 2.55. The van der Waals surface area contributed by atoms with Crippen molar-refractivity contribution in [3.05, 3.63) is 29.8 Å². The van der Waals surface area contributed by atoms with Crippen LogP contribution in [0.4, 0.5) is 0 Å². The maximum atomic E-state index is 5.83.